The van der Waals surface area contributed by atoms with Gasteiger partial charge in [0.15, 0.2) is 0 Å². The van der Waals surface area contributed by atoms with Gasteiger partial charge in [0, 0.05) is 0 Å². The van der Waals surface area contributed by atoms with Crippen molar-refractivity contribution in [3.63, 3.8) is 0 Å². The minimum atomic E-state index is -0.353. The molecule has 0 fully saturated rings. The fourth-order valence-electron chi connectivity index (χ4n) is 0.933. The fourth-order valence-corrected chi connectivity index (χ4v) is 0.933. The van der Waals surface area contributed by atoms with Gasteiger partial charge < -0.3 is 0 Å². The maximum atomic E-state index is 12.0. The zero-order valence-electron chi connectivity index (χ0n) is 8.86. The number of aryl methyl sites for hydroxylation is 1. The van der Waals surface area contributed by atoms with Crippen molar-refractivity contribution in [2.24, 2.45) is 0 Å². The zero-order valence-corrected chi connectivity index (χ0v) is 8.86. The lowest BCUT2D eigenvalue weighted by atomic mass is 10.1. The van der Waals surface area contributed by atoms with Gasteiger partial charge in [-0.05, 0) is 17.5 Å². The van der Waals surface area contributed by atoms with Crippen LogP contribution < -0.4 is 0 Å². The van der Waals surface area contributed by atoms with Gasteiger partial charge in [-0.2, -0.15) is 0 Å². The molecule has 0 aliphatic carbocycles. The molecule has 0 spiro atoms. The van der Waals surface area contributed by atoms with Crippen molar-refractivity contribution in [2.75, 3.05) is 14.4 Å². The average molecular weight is 206 g/mol. The molecule has 3 heteroatoms. The van der Waals surface area contributed by atoms with Crippen LogP contribution >= 0.6 is 0 Å². The van der Waals surface area contributed by atoms with Crippen LogP contribution in [0.2, 0.25) is 0 Å². The first kappa shape index (κ1) is 15.5. The molecule has 14 heavy (non-hydrogen) atoms. The van der Waals surface area contributed by atoms with Crippen LogP contribution in [0, 0.1) is 0 Å². The predicted octanol–water partition coefficient (Wildman–Crippen LogP) is 3.89. The molecule has 1 rings (SSSR count). The van der Waals surface area contributed by atoms with E-state index in [1.165, 1.54) is 5.56 Å². The summed E-state index contributed by atoms with van der Waals surface area (Å²) in [5, 5.41) is 0. The second-order valence-electron chi connectivity index (χ2n) is 2.31. The van der Waals surface area contributed by atoms with Crippen LogP contribution in [0.5, 0.6) is 0 Å². The maximum absolute atomic E-state index is 12.0. The highest BCUT2D eigenvalue weighted by molar-refractivity contribution is 5.22. The number of rotatable bonds is 2. The summed E-state index contributed by atoms with van der Waals surface area (Å²) >= 11 is 0. The van der Waals surface area contributed by atoms with E-state index < -0.39 is 0 Å². The van der Waals surface area contributed by atoms with Crippen LogP contribution in [0.3, 0.4) is 0 Å². The van der Waals surface area contributed by atoms with E-state index in [9.17, 15) is 13.2 Å². The normalized spacial score (nSPS) is 7.86. The van der Waals surface area contributed by atoms with Crippen molar-refractivity contribution >= 4 is 0 Å². The average Bonchev–Trinajstić information content (AvgIpc) is 2.34. The second-order valence-corrected chi connectivity index (χ2v) is 2.31. The SMILES string of the molecule is CCc1cccc(CF)c1.CF.CF. The number of benzene rings is 1. The van der Waals surface area contributed by atoms with Crippen LogP contribution in [0.25, 0.3) is 0 Å². The van der Waals surface area contributed by atoms with Crippen molar-refractivity contribution in [3.8, 4) is 0 Å². The first-order valence-electron chi connectivity index (χ1n) is 4.26. The van der Waals surface area contributed by atoms with Crippen molar-refractivity contribution in [3.05, 3.63) is 35.4 Å². The lowest BCUT2D eigenvalue weighted by molar-refractivity contribution is 0.485. The molecular weight excluding hydrogens is 189 g/mol. The second kappa shape index (κ2) is 12.0. The molecule has 0 saturated carbocycles. The number of hydrogen-bond acceptors (Lipinski definition) is 0. The Hall–Kier alpha value is -0.990. The Balaban J connectivity index is 0. The van der Waals surface area contributed by atoms with Crippen molar-refractivity contribution in [1.29, 1.82) is 0 Å². The van der Waals surface area contributed by atoms with E-state index in [1.807, 2.05) is 18.2 Å². The molecule has 0 aliphatic rings. The molecule has 0 amide bonds. The van der Waals surface area contributed by atoms with Crippen molar-refractivity contribution in [1.82, 2.24) is 0 Å². The molecule has 0 N–H and O–H groups in total. The Morgan fingerprint density at radius 3 is 1.93 bits per heavy atom. The molecule has 1 aromatic carbocycles. The summed E-state index contributed by atoms with van der Waals surface area (Å²) in [5.74, 6) is 0. The molecule has 0 radical (unpaired) electrons. The molecule has 0 atom stereocenters. The minimum absolute atomic E-state index is 0.353. The van der Waals surface area contributed by atoms with Gasteiger partial charge in [-0.25, -0.2) is 4.39 Å². The van der Waals surface area contributed by atoms with Gasteiger partial charge in [-0.3, -0.25) is 8.78 Å². The number of halogens is 3. The van der Waals surface area contributed by atoms with Gasteiger partial charge in [-0.15, -0.1) is 0 Å². The summed E-state index contributed by atoms with van der Waals surface area (Å²) in [6, 6.07) is 7.62. The van der Waals surface area contributed by atoms with E-state index in [1.54, 1.807) is 6.07 Å². The third-order valence-corrected chi connectivity index (χ3v) is 1.55. The summed E-state index contributed by atoms with van der Waals surface area (Å²) in [6.45, 7) is 1.71. The Labute approximate surface area is 83.8 Å². The molecule has 82 valence electrons. The van der Waals surface area contributed by atoms with E-state index in [4.69, 9.17) is 0 Å². The largest absolute Gasteiger partial charge is 0.255 e. The highest BCUT2D eigenvalue weighted by atomic mass is 19.1. The Bertz CT molecular complexity index is 192. The van der Waals surface area contributed by atoms with E-state index in [-0.39, 0.29) is 6.67 Å². The van der Waals surface area contributed by atoms with Gasteiger partial charge >= 0.3 is 0 Å². The molecule has 0 bridgehead atoms. The summed E-state index contributed by atoms with van der Waals surface area (Å²) < 4.78 is 31.0. The third kappa shape index (κ3) is 6.52. The Kier molecular flexibility index (Phi) is 13.3. The minimum Gasteiger partial charge on any atom is -0.255 e. The van der Waals surface area contributed by atoms with Gasteiger partial charge in [0.2, 0.25) is 0 Å². The fraction of sp³-hybridized carbons (Fsp3) is 0.455. The van der Waals surface area contributed by atoms with Crippen LogP contribution in [0.1, 0.15) is 18.1 Å². The summed E-state index contributed by atoms with van der Waals surface area (Å²) in [4.78, 5) is 0. The molecule has 0 aromatic heterocycles. The quantitative estimate of drug-likeness (QED) is 0.688. The highest BCUT2D eigenvalue weighted by Crippen LogP contribution is 2.06. The van der Waals surface area contributed by atoms with Gasteiger partial charge in [0.05, 0.1) is 14.4 Å². The first-order valence-corrected chi connectivity index (χ1v) is 4.26. The number of hydrogen-bond donors (Lipinski definition) is 0. The molecule has 0 aliphatic heterocycles. The van der Waals surface area contributed by atoms with Crippen LogP contribution in [-0.2, 0) is 13.1 Å². The monoisotopic (exact) mass is 206 g/mol. The predicted molar refractivity (Wildman–Crippen MR) is 54.7 cm³/mol. The Morgan fingerprint density at radius 1 is 1.00 bits per heavy atom. The molecule has 0 nitrogen and oxygen atoms in total. The standard InChI is InChI=1S/C9H11F.2CH3F/c1-2-8-4-3-5-9(6-8)7-10;2*1-2/h3-6H,2,7H2,1H3;2*1H3. The third-order valence-electron chi connectivity index (χ3n) is 1.55. The van der Waals surface area contributed by atoms with Gasteiger partial charge in [-0.1, -0.05) is 31.2 Å². The molecule has 0 saturated heterocycles. The van der Waals surface area contributed by atoms with Crippen LogP contribution in [0.4, 0.5) is 13.2 Å². The van der Waals surface area contributed by atoms with Crippen LogP contribution in [-0.4, -0.2) is 14.4 Å². The Morgan fingerprint density at radius 2 is 1.50 bits per heavy atom. The van der Waals surface area contributed by atoms with E-state index in [2.05, 4.69) is 6.92 Å². The van der Waals surface area contributed by atoms with Gasteiger partial charge in [0.25, 0.3) is 0 Å². The molecule has 0 unspecified atom stereocenters. The van der Waals surface area contributed by atoms with Crippen LogP contribution in [0.15, 0.2) is 24.3 Å². The van der Waals surface area contributed by atoms with E-state index in [0.29, 0.717) is 14.4 Å². The van der Waals surface area contributed by atoms with Crippen molar-refractivity contribution in [2.45, 2.75) is 20.0 Å². The summed E-state index contributed by atoms with van der Waals surface area (Å²) in [5.41, 5.74) is 1.98. The lowest BCUT2D eigenvalue weighted by Crippen LogP contribution is -1.82. The molecule has 0 heterocycles. The first-order chi connectivity index (χ1) is 6.86. The van der Waals surface area contributed by atoms with E-state index >= 15 is 0 Å². The van der Waals surface area contributed by atoms with E-state index in [0.717, 1.165) is 12.0 Å². The molecule has 1 aromatic rings. The van der Waals surface area contributed by atoms with Crippen molar-refractivity contribution < 1.29 is 13.2 Å². The van der Waals surface area contributed by atoms with Gasteiger partial charge in [0.1, 0.15) is 6.67 Å². The molecular formula is C11H17F3. The highest BCUT2D eigenvalue weighted by Gasteiger charge is 1.91. The smallest absolute Gasteiger partial charge is 0.115 e. The topological polar surface area (TPSA) is 0 Å². The lowest BCUT2D eigenvalue weighted by Gasteiger charge is -1.97. The zero-order chi connectivity index (χ0) is 11.4. The summed E-state index contributed by atoms with van der Waals surface area (Å²) in [7, 11) is 1.00. The summed E-state index contributed by atoms with van der Waals surface area (Å²) in [6.07, 6.45) is 0.980. The maximum Gasteiger partial charge on any atom is 0.115 e. The number of alkyl halides is 3.